The van der Waals surface area contributed by atoms with Crippen LogP contribution in [0.4, 0.5) is 136 Å². The SMILES string of the molecule is FC(F)(F)C(F)(F)C(F)(F)C(F)(F)C(F)(C(F)(F)F)C(F)(F)C(F)(C(F)(F)F)C(F)(F)C(F)(C(F)(F)F)C(F)(F)C(F)(Cl)C(F)(F)F. The van der Waals surface area contributed by atoms with Crippen molar-refractivity contribution >= 4 is 11.6 Å². The van der Waals surface area contributed by atoms with E-state index >= 15 is 0 Å². The maximum Gasteiger partial charge on any atom is 0.460 e. The van der Waals surface area contributed by atoms with E-state index in [0.717, 1.165) is 0 Å². The summed E-state index contributed by atoms with van der Waals surface area (Å²) in [5.74, 6) is -60.7. The molecule has 4 atom stereocenters. The molecule has 0 aliphatic carbocycles. The number of alkyl halides is 32. The molecule has 47 heavy (non-hydrogen) atoms. The smallest absolute Gasteiger partial charge is 0.220 e. The van der Waals surface area contributed by atoms with Gasteiger partial charge in [0.2, 0.25) is 0 Å². The molecule has 0 N–H and O–H groups in total. The van der Waals surface area contributed by atoms with Gasteiger partial charge in [-0.25, -0.2) is 17.6 Å². The zero-order valence-electron chi connectivity index (χ0n) is 19.6. The van der Waals surface area contributed by atoms with Crippen molar-refractivity contribution in [1.82, 2.24) is 0 Å². The number of halogens is 32. The van der Waals surface area contributed by atoms with Crippen LogP contribution >= 0.6 is 11.6 Å². The zero-order valence-corrected chi connectivity index (χ0v) is 20.4. The van der Waals surface area contributed by atoms with Gasteiger partial charge in [0, 0.05) is 0 Å². The lowest BCUT2D eigenvalue weighted by Gasteiger charge is -2.52. The normalized spacial score (nSPS) is 21.4. The minimum Gasteiger partial charge on any atom is -0.220 e. The average molecular weight is 805 g/mol. The average Bonchev–Trinajstić information content (AvgIpc) is 2.77. The molecule has 0 aromatic carbocycles. The number of rotatable bonds is 9. The van der Waals surface area contributed by atoms with Crippen molar-refractivity contribution in [2.24, 2.45) is 0 Å². The lowest BCUT2D eigenvalue weighted by molar-refractivity contribution is -0.499. The van der Waals surface area contributed by atoms with E-state index in [1.807, 2.05) is 0 Å². The molecule has 4 unspecified atom stereocenters. The molecule has 0 rings (SSSR count). The van der Waals surface area contributed by atoms with Crippen LogP contribution in [-0.4, -0.2) is 88.6 Å². The van der Waals surface area contributed by atoms with Crippen molar-refractivity contribution < 1.29 is 136 Å². The summed E-state index contributed by atoms with van der Waals surface area (Å²) in [6.45, 7) is 0. The van der Waals surface area contributed by atoms with Crippen LogP contribution in [0.3, 0.4) is 0 Å². The van der Waals surface area contributed by atoms with Crippen molar-refractivity contribution in [2.45, 2.75) is 88.6 Å². The summed E-state index contributed by atoms with van der Waals surface area (Å²) < 4.78 is 415. The second-order valence-electron chi connectivity index (χ2n) is 8.48. The van der Waals surface area contributed by atoms with Gasteiger partial charge in [-0.15, -0.1) is 0 Å². The maximum atomic E-state index is 14.7. The third kappa shape index (κ3) is 5.08. The van der Waals surface area contributed by atoms with E-state index in [2.05, 4.69) is 11.6 Å². The van der Waals surface area contributed by atoms with Gasteiger partial charge in [0.15, 0.2) is 0 Å². The van der Waals surface area contributed by atoms with Gasteiger partial charge >= 0.3 is 88.6 Å². The Morgan fingerprint density at radius 2 is 0.404 bits per heavy atom. The second-order valence-corrected chi connectivity index (χ2v) is 9.01. The molecular weight excluding hydrogens is 805 g/mol. The number of hydrogen-bond acceptors (Lipinski definition) is 0. The third-order valence-electron chi connectivity index (χ3n) is 5.66. The molecule has 0 aromatic rings. The maximum absolute atomic E-state index is 14.7. The summed E-state index contributed by atoms with van der Waals surface area (Å²) in [6, 6.07) is 0. The van der Waals surface area contributed by atoms with Gasteiger partial charge in [0.25, 0.3) is 0 Å². The van der Waals surface area contributed by atoms with E-state index < -0.39 is 88.6 Å². The van der Waals surface area contributed by atoms with Gasteiger partial charge in [-0.3, -0.25) is 0 Å². The van der Waals surface area contributed by atoms with Gasteiger partial charge in [0.05, 0.1) is 0 Å². The largest absolute Gasteiger partial charge is 0.460 e. The van der Waals surface area contributed by atoms with Gasteiger partial charge in [-0.2, -0.15) is 119 Å². The topological polar surface area (TPSA) is 0 Å². The minimum absolute atomic E-state index is 3.10. The van der Waals surface area contributed by atoms with Crippen LogP contribution in [0.15, 0.2) is 0 Å². The molecule has 0 saturated heterocycles. The van der Waals surface area contributed by atoms with Crippen LogP contribution in [0.2, 0.25) is 0 Å². The van der Waals surface area contributed by atoms with Gasteiger partial charge in [0.1, 0.15) is 0 Å². The van der Waals surface area contributed by atoms with E-state index in [4.69, 9.17) is 0 Å². The molecule has 0 heterocycles. The Hall–Kier alpha value is -1.88. The van der Waals surface area contributed by atoms with Crippen molar-refractivity contribution in [3.8, 4) is 0 Å². The molecule has 0 spiro atoms. The highest BCUT2D eigenvalue weighted by Gasteiger charge is 3.06. The summed E-state index contributed by atoms with van der Waals surface area (Å²) in [7, 11) is 0. The van der Waals surface area contributed by atoms with E-state index in [1.54, 1.807) is 0 Å². The first-order chi connectivity index (χ1) is 19.5. The fourth-order valence-corrected chi connectivity index (χ4v) is 3.25. The first kappa shape index (κ1) is 45.1. The van der Waals surface area contributed by atoms with Crippen LogP contribution < -0.4 is 0 Å². The molecule has 0 amide bonds. The molecular formula is C15ClF31. The Labute approximate surface area is 237 Å². The van der Waals surface area contributed by atoms with E-state index in [9.17, 15) is 136 Å². The molecule has 0 saturated carbocycles. The fourth-order valence-electron chi connectivity index (χ4n) is 3.12. The van der Waals surface area contributed by atoms with Crippen molar-refractivity contribution in [3.63, 3.8) is 0 Å². The molecule has 0 aromatic heterocycles. The molecule has 284 valence electrons. The lowest BCUT2D eigenvalue weighted by atomic mass is 9.68. The number of hydrogen-bond donors (Lipinski definition) is 0. The zero-order chi connectivity index (χ0) is 39.5. The molecule has 0 bridgehead atoms. The van der Waals surface area contributed by atoms with Crippen LogP contribution in [0.1, 0.15) is 0 Å². The Kier molecular flexibility index (Phi) is 10.1. The Balaban J connectivity index is 8.92. The fraction of sp³-hybridized carbons (Fsp3) is 1.00. The first-order valence-electron chi connectivity index (χ1n) is 9.55. The Bertz CT molecular complexity index is 1140. The van der Waals surface area contributed by atoms with Crippen LogP contribution in [-0.2, 0) is 0 Å². The van der Waals surface area contributed by atoms with E-state index in [0.29, 0.717) is 0 Å². The Morgan fingerprint density at radius 3 is 0.596 bits per heavy atom. The molecule has 0 aliphatic rings. The van der Waals surface area contributed by atoms with Crippen LogP contribution in [0, 0.1) is 0 Å². The molecule has 32 heteroatoms. The molecule has 0 nitrogen and oxygen atoms in total. The third-order valence-corrected chi connectivity index (χ3v) is 6.11. The van der Waals surface area contributed by atoms with E-state index in [1.165, 1.54) is 0 Å². The molecule has 0 aliphatic heterocycles. The minimum atomic E-state index is -10.9. The summed E-state index contributed by atoms with van der Waals surface area (Å²) >= 11 is 3.10. The second kappa shape index (κ2) is 10.6. The predicted octanol–water partition coefficient (Wildman–Crippen LogP) is 10.6. The monoisotopic (exact) mass is 804 g/mol. The van der Waals surface area contributed by atoms with Crippen LogP contribution in [0.5, 0.6) is 0 Å². The standard InChI is InChI=1S/C15ClF31/c16-4(20,14(42,43)44)7(25,26)2(18,12(36,37)38)5(21,22)1(17,11(33,34)35)6(23,24)3(19,13(39,40)41)8(27,28)9(29,30)10(31,32)15(45,46)47. The summed E-state index contributed by atoms with van der Waals surface area (Å²) in [4.78, 5) is 0. The van der Waals surface area contributed by atoms with Crippen molar-refractivity contribution in [1.29, 1.82) is 0 Å². The van der Waals surface area contributed by atoms with Crippen molar-refractivity contribution in [3.05, 3.63) is 0 Å². The van der Waals surface area contributed by atoms with E-state index in [-0.39, 0.29) is 0 Å². The summed E-state index contributed by atoms with van der Waals surface area (Å²) in [6.07, 6.45) is -46.2. The first-order valence-corrected chi connectivity index (χ1v) is 9.93. The van der Waals surface area contributed by atoms with Gasteiger partial charge < -0.3 is 0 Å². The van der Waals surface area contributed by atoms with Crippen molar-refractivity contribution in [2.75, 3.05) is 0 Å². The highest BCUT2D eigenvalue weighted by Crippen LogP contribution is 2.73. The highest BCUT2D eigenvalue weighted by atomic mass is 35.5. The quantitative estimate of drug-likeness (QED) is 0.161. The summed E-state index contributed by atoms with van der Waals surface area (Å²) in [5.41, 5.74) is -31.9. The summed E-state index contributed by atoms with van der Waals surface area (Å²) in [5, 5.41) is -8.46. The van der Waals surface area contributed by atoms with Gasteiger partial charge in [-0.05, 0) is 0 Å². The lowest BCUT2D eigenvalue weighted by Crippen LogP contribution is -2.87. The van der Waals surface area contributed by atoms with Gasteiger partial charge in [-0.1, -0.05) is 11.6 Å². The van der Waals surface area contributed by atoms with Crippen LogP contribution in [0.25, 0.3) is 0 Å². The predicted molar refractivity (Wildman–Crippen MR) is 81.2 cm³/mol. The Morgan fingerprint density at radius 1 is 0.191 bits per heavy atom. The highest BCUT2D eigenvalue weighted by molar-refractivity contribution is 6.24. The molecule has 0 fully saturated rings. The molecule has 0 radical (unpaired) electrons.